The lowest BCUT2D eigenvalue weighted by Crippen LogP contribution is -2.38. The number of nitrogens with zero attached hydrogens (tertiary/aromatic N) is 4. The third-order valence-electron chi connectivity index (χ3n) is 11.2. The average Bonchev–Trinajstić information content (AvgIpc) is 3.96. The Bertz CT molecular complexity index is 2900. The Morgan fingerprint density at radius 3 is 1.70 bits per heavy atom. The highest BCUT2D eigenvalue weighted by Crippen LogP contribution is 2.46. The Morgan fingerprint density at radius 2 is 1.06 bits per heavy atom. The van der Waals surface area contributed by atoms with Crippen LogP contribution in [-0.2, 0) is 22.9 Å². The van der Waals surface area contributed by atoms with Gasteiger partial charge >= 0.3 is 5.97 Å². The van der Waals surface area contributed by atoms with Crippen molar-refractivity contribution in [3.8, 4) is 0 Å². The summed E-state index contributed by atoms with van der Waals surface area (Å²) in [5.74, 6) is 0.252. The number of aryl methyl sites for hydroxylation is 2. The first-order chi connectivity index (χ1) is 26.5. The van der Waals surface area contributed by atoms with E-state index < -0.39 is 0 Å². The maximum atomic E-state index is 14.6. The van der Waals surface area contributed by atoms with Gasteiger partial charge in [-0.15, -0.1) is 0 Å². The molecule has 0 aliphatic carbocycles. The first-order valence-corrected chi connectivity index (χ1v) is 18.4. The standard InChI is InChI=1S/C48H34N4O2/c1-29-13-17-33(18-14-29)41-35-21-22-36(49-35)42(34-19-15-30(2)16-20-34)38-24-26-40-44(32-11-7-4-8-12-32)47-46-45(48(53)54-47)43(31-9-5-3-6-10-31)39-25-23-37(41)51(39)27-50(46)28-52(38)40/h3-26H,27-28H2,1-2H3. The molecule has 6 aromatic rings. The number of carbonyl (C=O) groups excluding carboxylic acids is 1. The van der Waals surface area contributed by atoms with E-state index in [0.29, 0.717) is 24.7 Å². The van der Waals surface area contributed by atoms with Crippen LogP contribution in [-0.4, -0.2) is 25.7 Å². The van der Waals surface area contributed by atoms with Crippen molar-refractivity contribution >= 4 is 34.0 Å². The van der Waals surface area contributed by atoms with E-state index in [1.807, 2.05) is 36.4 Å². The van der Waals surface area contributed by atoms with Gasteiger partial charge in [-0.25, -0.2) is 9.79 Å². The summed E-state index contributed by atoms with van der Waals surface area (Å²) in [7, 11) is 0. The molecule has 5 aliphatic rings. The Balaban J connectivity index is 1.36. The monoisotopic (exact) mass is 698 g/mol. The quantitative estimate of drug-likeness (QED) is 0.178. The number of carbonyl (C=O) groups is 1. The van der Waals surface area contributed by atoms with Gasteiger partial charge < -0.3 is 18.8 Å². The maximum absolute atomic E-state index is 14.6. The van der Waals surface area contributed by atoms with Gasteiger partial charge in [0.05, 0.1) is 63.7 Å². The fraction of sp³-hybridized carbons (Fsp3) is 0.0833. The van der Waals surface area contributed by atoms with Crippen LogP contribution in [0.15, 0.2) is 173 Å². The number of fused-ring (bicyclic) bond motifs is 1. The predicted molar refractivity (Wildman–Crippen MR) is 212 cm³/mol. The van der Waals surface area contributed by atoms with Crippen LogP contribution < -0.4 is 10.7 Å². The van der Waals surface area contributed by atoms with Gasteiger partial charge in [0.1, 0.15) is 0 Å². The number of aromatic nitrogens is 2. The van der Waals surface area contributed by atoms with E-state index in [9.17, 15) is 4.79 Å². The molecule has 5 bridgehead atoms. The second-order valence-corrected chi connectivity index (χ2v) is 14.5. The van der Waals surface area contributed by atoms with E-state index in [1.165, 1.54) is 11.1 Å². The minimum absolute atomic E-state index is 0.338. The smallest absolute Gasteiger partial charge is 0.346 e. The van der Waals surface area contributed by atoms with Gasteiger partial charge in [-0.3, -0.25) is 0 Å². The van der Waals surface area contributed by atoms with Crippen molar-refractivity contribution in [1.29, 1.82) is 0 Å². The molecule has 7 heterocycles. The molecule has 54 heavy (non-hydrogen) atoms. The number of rotatable bonds is 4. The molecule has 0 amide bonds. The molecular weight excluding hydrogens is 665 g/mol. The van der Waals surface area contributed by atoms with Crippen LogP contribution >= 0.6 is 0 Å². The third-order valence-corrected chi connectivity index (χ3v) is 11.2. The molecule has 0 radical (unpaired) electrons. The summed E-state index contributed by atoms with van der Waals surface area (Å²) >= 11 is 0. The second-order valence-electron chi connectivity index (χ2n) is 14.5. The van der Waals surface area contributed by atoms with Crippen LogP contribution in [0.4, 0.5) is 0 Å². The molecule has 5 aliphatic heterocycles. The van der Waals surface area contributed by atoms with E-state index in [1.54, 1.807) is 0 Å². The second kappa shape index (κ2) is 11.5. The summed E-state index contributed by atoms with van der Waals surface area (Å²) in [4.78, 5) is 22.4. The van der Waals surface area contributed by atoms with Gasteiger partial charge in [-0.2, -0.15) is 0 Å². The van der Waals surface area contributed by atoms with Gasteiger partial charge in [0, 0.05) is 16.7 Å². The SMILES string of the molecule is Cc1ccc(C2=C3C=CC(=N3)C(c3ccc(C)cc3)=c3ccc4n3CN3Cn5c2ccc5C(c2ccccc2)=C2OC(=O)C(=C23)C=4c2ccccc2)cc1. The summed E-state index contributed by atoms with van der Waals surface area (Å²) in [5.41, 5.74) is 15.6. The first-order valence-electron chi connectivity index (χ1n) is 18.4. The molecule has 0 spiro atoms. The zero-order valence-corrected chi connectivity index (χ0v) is 29.9. The van der Waals surface area contributed by atoms with E-state index >= 15 is 0 Å². The van der Waals surface area contributed by atoms with Crippen molar-refractivity contribution < 1.29 is 9.53 Å². The van der Waals surface area contributed by atoms with Crippen LogP contribution in [0, 0.1) is 13.8 Å². The molecule has 0 fully saturated rings. The van der Waals surface area contributed by atoms with E-state index in [4.69, 9.17) is 9.73 Å². The maximum Gasteiger partial charge on any atom is 0.346 e. The molecule has 0 unspecified atom stereocenters. The molecular formula is C48H34N4O2. The number of esters is 1. The van der Waals surface area contributed by atoms with E-state index in [-0.39, 0.29) is 5.97 Å². The average molecular weight is 699 g/mol. The number of hydrogen-bond donors (Lipinski definition) is 0. The molecule has 258 valence electrons. The molecule has 6 nitrogen and oxygen atoms in total. The number of aliphatic imine (C=N–C) groups is 1. The Kier molecular flexibility index (Phi) is 6.56. The molecule has 0 saturated carbocycles. The number of ether oxygens (including phenoxy) is 1. The van der Waals surface area contributed by atoms with Gasteiger partial charge in [-0.1, -0.05) is 120 Å². The Morgan fingerprint density at radius 1 is 0.519 bits per heavy atom. The van der Waals surface area contributed by atoms with E-state index in [0.717, 1.165) is 83.7 Å². The molecule has 0 atom stereocenters. The molecule has 11 rings (SSSR count). The lowest BCUT2D eigenvalue weighted by molar-refractivity contribution is -0.132. The summed E-state index contributed by atoms with van der Waals surface area (Å²) < 4.78 is 11.3. The van der Waals surface area contributed by atoms with Gasteiger partial charge in [0.25, 0.3) is 0 Å². The Hall–Kier alpha value is -6.92. The zero-order chi connectivity index (χ0) is 36.1. The van der Waals surface area contributed by atoms with E-state index in [2.05, 4.69) is 137 Å². The molecule has 6 heteroatoms. The predicted octanol–water partition coefficient (Wildman–Crippen LogP) is 7.60. The summed E-state index contributed by atoms with van der Waals surface area (Å²) in [6.45, 7) is 5.20. The molecule has 4 aromatic carbocycles. The van der Waals surface area contributed by atoms with Crippen LogP contribution in [0.2, 0.25) is 0 Å². The van der Waals surface area contributed by atoms with Crippen molar-refractivity contribution in [3.05, 3.63) is 224 Å². The van der Waals surface area contributed by atoms with Crippen molar-refractivity contribution in [3.63, 3.8) is 0 Å². The van der Waals surface area contributed by atoms with Crippen molar-refractivity contribution in [2.75, 3.05) is 0 Å². The van der Waals surface area contributed by atoms with Crippen LogP contribution in [0.3, 0.4) is 0 Å². The lowest BCUT2D eigenvalue weighted by atomic mass is 9.94. The largest absolute Gasteiger partial charge is 0.420 e. The number of hydrogen-bond acceptors (Lipinski definition) is 4. The number of benzene rings is 4. The Labute approximate surface area is 312 Å². The molecule has 0 N–H and O–H groups in total. The zero-order valence-electron chi connectivity index (χ0n) is 29.9. The van der Waals surface area contributed by atoms with Crippen molar-refractivity contribution in [2.45, 2.75) is 27.2 Å². The van der Waals surface area contributed by atoms with Gasteiger partial charge in [0.2, 0.25) is 0 Å². The fourth-order valence-corrected chi connectivity index (χ4v) is 8.69. The lowest BCUT2D eigenvalue weighted by Gasteiger charge is -2.27. The van der Waals surface area contributed by atoms with Gasteiger partial charge in [-0.05, 0) is 72.5 Å². The van der Waals surface area contributed by atoms with Crippen LogP contribution in [0.1, 0.15) is 44.8 Å². The third kappa shape index (κ3) is 4.46. The normalized spacial score (nSPS) is 16.8. The minimum atomic E-state index is -0.338. The number of allylic oxidation sites excluding steroid dienone is 2. The minimum Gasteiger partial charge on any atom is -0.420 e. The van der Waals surface area contributed by atoms with Crippen molar-refractivity contribution in [1.82, 2.24) is 14.0 Å². The van der Waals surface area contributed by atoms with Gasteiger partial charge in [0.15, 0.2) is 5.76 Å². The first kappa shape index (κ1) is 30.7. The van der Waals surface area contributed by atoms with Crippen molar-refractivity contribution in [2.24, 2.45) is 4.99 Å². The molecule has 0 saturated heterocycles. The topological polar surface area (TPSA) is 51.8 Å². The summed E-state index contributed by atoms with van der Waals surface area (Å²) in [6.07, 6.45) is 4.33. The highest BCUT2D eigenvalue weighted by atomic mass is 16.5. The van der Waals surface area contributed by atoms with Crippen LogP contribution in [0.5, 0.6) is 0 Å². The summed E-state index contributed by atoms with van der Waals surface area (Å²) in [5, 5.41) is 1.99. The summed E-state index contributed by atoms with van der Waals surface area (Å²) in [6, 6.07) is 46.8. The molecule has 2 aromatic heterocycles. The highest BCUT2D eigenvalue weighted by Gasteiger charge is 2.43. The fourth-order valence-electron chi connectivity index (χ4n) is 8.69. The highest BCUT2D eigenvalue weighted by molar-refractivity contribution is 6.30. The van der Waals surface area contributed by atoms with Crippen LogP contribution in [0.25, 0.3) is 22.3 Å².